The summed E-state index contributed by atoms with van der Waals surface area (Å²) < 4.78 is 21.7. The highest BCUT2D eigenvalue weighted by Crippen LogP contribution is 2.21. The fourth-order valence-corrected chi connectivity index (χ4v) is 7.16. The molecule has 2 atom stereocenters. The minimum Gasteiger partial charge on any atom is -0.481 e. The highest BCUT2D eigenvalue weighted by molar-refractivity contribution is 5.88. The lowest BCUT2D eigenvalue weighted by Crippen LogP contribution is -2.50. The monoisotopic (exact) mass is 912 g/mol. The summed E-state index contributed by atoms with van der Waals surface area (Å²) in [5, 5.41) is 18.6. The smallest absolute Gasteiger partial charge is 0.306 e. The molecule has 0 rings (SSSR count). The van der Waals surface area contributed by atoms with Gasteiger partial charge in [0.15, 0.2) is 11.6 Å². The number of carboxylic acids is 1. The molecule has 0 radical (unpaired) electrons. The van der Waals surface area contributed by atoms with Gasteiger partial charge in [-0.2, -0.15) is 0 Å². The second kappa shape index (κ2) is 39.4. The van der Waals surface area contributed by atoms with Gasteiger partial charge in [-0.3, -0.25) is 28.8 Å². The largest absolute Gasteiger partial charge is 0.481 e. The number of ether oxygens (including phenoxy) is 4. The van der Waals surface area contributed by atoms with Crippen LogP contribution in [0.5, 0.6) is 0 Å². The van der Waals surface area contributed by atoms with Gasteiger partial charge in [-0.25, -0.2) is 0 Å². The zero-order valence-electron chi connectivity index (χ0n) is 41.5. The summed E-state index contributed by atoms with van der Waals surface area (Å²) in [4.78, 5) is 73.5. The number of hydrogen-bond acceptors (Lipinski definition) is 11. The Balaban J connectivity index is 3.76. The van der Waals surface area contributed by atoms with E-state index in [2.05, 4.69) is 43.6 Å². The molecule has 0 fully saturated rings. The quantitative estimate of drug-likeness (QED) is 0.0426. The first-order chi connectivity index (χ1) is 30.5. The molecule has 0 saturated heterocycles. The van der Waals surface area contributed by atoms with Crippen molar-refractivity contribution in [2.75, 3.05) is 65.9 Å². The van der Waals surface area contributed by atoms with E-state index in [4.69, 9.17) is 18.9 Å². The second-order valence-electron chi connectivity index (χ2n) is 19.4. The van der Waals surface area contributed by atoms with Gasteiger partial charge in [0.1, 0.15) is 19.0 Å². The summed E-state index contributed by atoms with van der Waals surface area (Å²) in [5.41, 5.74) is -0.595. The lowest BCUT2D eigenvalue weighted by molar-refractivity contribution is -0.144. The molecule has 0 aliphatic rings. The number of amides is 2. The highest BCUT2D eigenvalue weighted by atomic mass is 16.5. The molecule has 0 bridgehead atoms. The van der Waals surface area contributed by atoms with Gasteiger partial charge in [0.2, 0.25) is 11.8 Å². The maximum absolute atomic E-state index is 12.9. The van der Waals surface area contributed by atoms with Crippen LogP contribution < -0.4 is 16.0 Å². The first-order valence-corrected chi connectivity index (χ1v) is 24.9. The fourth-order valence-electron chi connectivity index (χ4n) is 7.16. The number of carboxylic acid groups (broad SMARTS) is 1. The van der Waals surface area contributed by atoms with E-state index in [1.165, 1.54) is 70.6 Å². The molecule has 0 aliphatic heterocycles. The van der Waals surface area contributed by atoms with Crippen molar-refractivity contribution in [3.05, 3.63) is 0 Å². The van der Waals surface area contributed by atoms with E-state index >= 15 is 0 Å². The molecule has 64 heavy (non-hydrogen) atoms. The Morgan fingerprint density at radius 2 is 1.02 bits per heavy atom. The van der Waals surface area contributed by atoms with Crippen LogP contribution in [0.15, 0.2) is 0 Å². The van der Waals surface area contributed by atoms with Gasteiger partial charge in [-0.15, -0.1) is 0 Å². The van der Waals surface area contributed by atoms with Crippen LogP contribution in [0.2, 0.25) is 0 Å². The van der Waals surface area contributed by atoms with E-state index in [9.17, 15) is 33.9 Å². The van der Waals surface area contributed by atoms with Gasteiger partial charge in [-0.05, 0) is 59.3 Å². The lowest BCUT2D eigenvalue weighted by atomic mass is 9.84. The van der Waals surface area contributed by atoms with Crippen molar-refractivity contribution in [3.63, 3.8) is 0 Å². The number of carbonyl (C=O) groups is 6. The van der Waals surface area contributed by atoms with Crippen LogP contribution in [-0.4, -0.2) is 118 Å². The van der Waals surface area contributed by atoms with Crippen LogP contribution in [0.4, 0.5) is 0 Å². The molecule has 0 aliphatic carbocycles. The maximum atomic E-state index is 12.9. The van der Waals surface area contributed by atoms with Gasteiger partial charge < -0.3 is 40.0 Å². The molecule has 0 aromatic rings. The maximum Gasteiger partial charge on any atom is 0.306 e. The second-order valence-corrected chi connectivity index (χ2v) is 19.4. The molecule has 14 nitrogen and oxygen atoms in total. The number of unbranched alkanes of at least 4 members (excludes halogenated alkanes) is 14. The van der Waals surface area contributed by atoms with Crippen LogP contribution in [-0.2, 0) is 47.7 Å². The third kappa shape index (κ3) is 39.6. The number of rotatable bonds is 45. The molecule has 0 saturated carbocycles. The third-order valence-electron chi connectivity index (χ3n) is 10.8. The average molecular weight is 912 g/mol. The molecule has 0 unspecified atom stereocenters. The lowest BCUT2D eigenvalue weighted by Gasteiger charge is -2.31. The molecule has 14 heteroatoms. The van der Waals surface area contributed by atoms with Crippen LogP contribution in [0.3, 0.4) is 0 Å². The standard InChI is InChI=1S/C50H93N3O11/c1-8-9-10-11-12-13-14-15-16-17-18-19-20-21-25-42(54)38-41(48(59)60)28-29-45(56)52-31-33-62-35-36-63-39-43(55)26-24-32-61-34-37-64-40-46(57)51-30-23-22-27-44(53-50(5,6)7)47(58)49(2,3)4/h41,44,53H,8-40H2,1-7H3,(H,51,57)(H,52,56)(H,59,60)/t41-,44+/m1/s1. The van der Waals surface area contributed by atoms with Gasteiger partial charge in [0.25, 0.3) is 0 Å². The summed E-state index contributed by atoms with van der Waals surface area (Å²) in [7, 11) is 0. The van der Waals surface area contributed by atoms with Crippen molar-refractivity contribution in [1.29, 1.82) is 0 Å². The summed E-state index contributed by atoms with van der Waals surface area (Å²) in [6.45, 7) is 16.6. The summed E-state index contributed by atoms with van der Waals surface area (Å²) >= 11 is 0. The zero-order chi connectivity index (χ0) is 47.9. The Bertz CT molecular complexity index is 1250. The first-order valence-electron chi connectivity index (χ1n) is 24.9. The van der Waals surface area contributed by atoms with Crippen LogP contribution >= 0.6 is 0 Å². The predicted octanol–water partition coefficient (Wildman–Crippen LogP) is 8.49. The van der Waals surface area contributed by atoms with Gasteiger partial charge in [0.05, 0.1) is 45.0 Å². The molecule has 2 amide bonds. The molecule has 0 aromatic heterocycles. The predicted molar refractivity (Wildman–Crippen MR) is 253 cm³/mol. The Morgan fingerprint density at radius 3 is 1.58 bits per heavy atom. The van der Waals surface area contributed by atoms with Crippen molar-refractivity contribution in [2.45, 2.75) is 208 Å². The van der Waals surface area contributed by atoms with E-state index in [0.29, 0.717) is 45.4 Å². The fraction of sp³-hybridized carbons (Fsp3) is 0.880. The molecular weight excluding hydrogens is 819 g/mol. The molecule has 0 spiro atoms. The first kappa shape index (κ1) is 61.2. The van der Waals surface area contributed by atoms with E-state index in [1.807, 2.05) is 20.8 Å². The topological polar surface area (TPSA) is 196 Å². The summed E-state index contributed by atoms with van der Waals surface area (Å²) in [6.07, 6.45) is 20.9. The van der Waals surface area contributed by atoms with Gasteiger partial charge in [0, 0.05) is 56.3 Å². The highest BCUT2D eigenvalue weighted by Gasteiger charge is 2.31. The number of ketones is 3. The minimum absolute atomic E-state index is 0.0223. The van der Waals surface area contributed by atoms with Crippen molar-refractivity contribution in [2.24, 2.45) is 11.3 Å². The van der Waals surface area contributed by atoms with Crippen molar-refractivity contribution in [1.82, 2.24) is 16.0 Å². The van der Waals surface area contributed by atoms with Gasteiger partial charge >= 0.3 is 5.97 Å². The Kier molecular flexibility index (Phi) is 37.7. The van der Waals surface area contributed by atoms with Crippen LogP contribution in [0.25, 0.3) is 0 Å². The number of hydrogen-bond donors (Lipinski definition) is 4. The van der Waals surface area contributed by atoms with Crippen molar-refractivity contribution >= 4 is 35.1 Å². The number of aliphatic carboxylic acids is 1. The number of carbonyl (C=O) groups excluding carboxylic acids is 5. The SMILES string of the molecule is CCCCCCCCCCCCCCCCC(=O)C[C@@H](CCC(=O)NCCOCCOCC(=O)CCCOCCOCC(=O)NCCCC[C@H](NC(C)(C)C)C(=O)C(C)(C)C)C(=O)O. The van der Waals surface area contributed by atoms with E-state index in [-0.39, 0.29) is 106 Å². The van der Waals surface area contributed by atoms with Crippen molar-refractivity contribution in [3.8, 4) is 0 Å². The molecule has 374 valence electrons. The molecule has 4 N–H and O–H groups in total. The van der Waals surface area contributed by atoms with E-state index in [1.54, 1.807) is 0 Å². The molecular formula is C50H93N3O11. The van der Waals surface area contributed by atoms with Gasteiger partial charge in [-0.1, -0.05) is 111 Å². The Hall–Kier alpha value is -2.78. The summed E-state index contributed by atoms with van der Waals surface area (Å²) in [5.74, 6) is -2.31. The van der Waals surface area contributed by atoms with E-state index < -0.39 is 17.3 Å². The van der Waals surface area contributed by atoms with E-state index in [0.717, 1.165) is 32.1 Å². The average Bonchev–Trinajstić information content (AvgIpc) is 3.22. The summed E-state index contributed by atoms with van der Waals surface area (Å²) in [6, 6.07) is -0.224. The minimum atomic E-state index is -1.05. The molecule has 0 heterocycles. The Morgan fingerprint density at radius 1 is 0.500 bits per heavy atom. The molecule has 0 aromatic carbocycles. The van der Waals surface area contributed by atoms with Crippen LogP contribution in [0, 0.1) is 11.3 Å². The number of nitrogens with one attached hydrogen (secondary N) is 3. The Labute approximate surface area is 387 Å². The normalized spacial score (nSPS) is 12.8. The van der Waals surface area contributed by atoms with Crippen LogP contribution in [0.1, 0.15) is 196 Å². The number of Topliss-reactive ketones (excluding diaryl/α,β-unsaturated/α-hetero) is 3. The zero-order valence-corrected chi connectivity index (χ0v) is 41.5. The van der Waals surface area contributed by atoms with Crippen molar-refractivity contribution < 1.29 is 52.8 Å². The third-order valence-corrected chi connectivity index (χ3v) is 10.8.